The number of hydrogen-bond acceptors (Lipinski definition) is 7. The van der Waals surface area contributed by atoms with Crippen LogP contribution in [-0.4, -0.2) is 71.6 Å². The lowest BCUT2D eigenvalue weighted by Gasteiger charge is -2.15. The van der Waals surface area contributed by atoms with Gasteiger partial charge < -0.3 is 26.0 Å². The second-order valence-electron chi connectivity index (χ2n) is 7.43. The van der Waals surface area contributed by atoms with Gasteiger partial charge in [0.1, 0.15) is 19.5 Å². The molecule has 0 aliphatic carbocycles. The monoisotopic (exact) mass is 407 g/mol. The summed E-state index contributed by atoms with van der Waals surface area (Å²) in [6, 6.07) is 9.30. The Kier molecular flexibility index (Phi) is 6.91. The summed E-state index contributed by atoms with van der Waals surface area (Å²) in [5.74, 6) is 1.25. The van der Waals surface area contributed by atoms with Gasteiger partial charge in [-0.25, -0.2) is 4.98 Å². The fraction of sp³-hybridized carbons (Fsp3) is 0.350. The molecule has 1 amide bonds. The molecule has 9 nitrogen and oxygen atoms in total. The zero-order valence-corrected chi connectivity index (χ0v) is 17.4. The molecule has 0 unspecified atom stereocenters. The first-order valence-corrected chi connectivity index (χ1v) is 9.64. The summed E-state index contributed by atoms with van der Waals surface area (Å²) in [5.41, 5.74) is 2.79. The minimum Gasteiger partial charge on any atom is -0.394 e. The van der Waals surface area contributed by atoms with Gasteiger partial charge in [-0.15, -0.1) is 0 Å². The lowest BCUT2D eigenvalue weighted by Crippen LogP contribution is -2.27. The van der Waals surface area contributed by atoms with Crippen LogP contribution in [0.15, 0.2) is 36.5 Å². The van der Waals surface area contributed by atoms with Crippen molar-refractivity contribution in [1.82, 2.24) is 19.5 Å². The van der Waals surface area contributed by atoms with Crippen molar-refractivity contribution >= 4 is 42.2 Å². The van der Waals surface area contributed by atoms with E-state index in [1.165, 1.54) is 0 Å². The third-order valence-electron chi connectivity index (χ3n) is 4.34. The van der Waals surface area contributed by atoms with Gasteiger partial charge in [0, 0.05) is 30.5 Å². The molecule has 2 radical (unpaired) electrons. The van der Waals surface area contributed by atoms with Crippen LogP contribution < -0.4 is 21.4 Å². The molecule has 0 spiro atoms. The average Bonchev–Trinajstić information content (AvgIpc) is 3.07. The number of nitrogens with one attached hydrogen (secondary N) is 3. The third-order valence-corrected chi connectivity index (χ3v) is 4.34. The number of hydrogen-bond donors (Lipinski definition) is 4. The Morgan fingerprint density at radius 1 is 1.30 bits per heavy atom. The smallest absolute Gasteiger partial charge is 0.238 e. The predicted octanol–water partition coefficient (Wildman–Crippen LogP) is 0.428. The van der Waals surface area contributed by atoms with Crippen molar-refractivity contribution in [2.24, 2.45) is 0 Å². The molecule has 2 aromatic heterocycles. The van der Waals surface area contributed by atoms with E-state index in [1.807, 2.05) is 56.3 Å². The molecule has 1 aromatic carbocycles. The van der Waals surface area contributed by atoms with Crippen LogP contribution in [-0.2, 0) is 11.3 Å². The fourth-order valence-electron chi connectivity index (χ4n) is 2.86. The van der Waals surface area contributed by atoms with Crippen molar-refractivity contribution in [3.63, 3.8) is 0 Å². The van der Waals surface area contributed by atoms with E-state index in [0.29, 0.717) is 35.8 Å². The Balaban J connectivity index is 1.71. The zero-order valence-electron chi connectivity index (χ0n) is 17.4. The van der Waals surface area contributed by atoms with E-state index in [2.05, 4.69) is 26.0 Å². The molecule has 0 aliphatic heterocycles. The number of carbonyl (C=O) groups is 1. The van der Waals surface area contributed by atoms with E-state index in [1.54, 1.807) is 10.7 Å². The van der Waals surface area contributed by atoms with E-state index >= 15 is 0 Å². The minimum absolute atomic E-state index is 0.0121. The molecule has 0 aliphatic rings. The largest absolute Gasteiger partial charge is 0.394 e. The van der Waals surface area contributed by atoms with Crippen molar-refractivity contribution in [1.29, 1.82) is 0 Å². The topological polar surface area (TPSA) is 107 Å². The van der Waals surface area contributed by atoms with Crippen molar-refractivity contribution in [2.45, 2.75) is 19.5 Å². The van der Waals surface area contributed by atoms with Gasteiger partial charge in [-0.3, -0.25) is 4.79 Å². The van der Waals surface area contributed by atoms with Gasteiger partial charge in [0.15, 0.2) is 5.65 Å². The summed E-state index contributed by atoms with van der Waals surface area (Å²) >= 11 is 0. The number of aliphatic hydroxyl groups excluding tert-OH is 1. The van der Waals surface area contributed by atoms with E-state index in [4.69, 9.17) is 7.85 Å². The van der Waals surface area contributed by atoms with Crippen molar-refractivity contribution in [3.05, 3.63) is 42.1 Å². The summed E-state index contributed by atoms with van der Waals surface area (Å²) in [6.07, 6.45) is 1.55. The number of amides is 1. The quantitative estimate of drug-likeness (QED) is 0.381. The van der Waals surface area contributed by atoms with Crippen molar-refractivity contribution < 1.29 is 9.90 Å². The third kappa shape index (κ3) is 5.49. The van der Waals surface area contributed by atoms with Gasteiger partial charge >= 0.3 is 0 Å². The van der Waals surface area contributed by atoms with Gasteiger partial charge in [0.25, 0.3) is 0 Å². The molecule has 0 saturated carbocycles. The minimum atomic E-state index is -0.146. The number of carbonyl (C=O) groups excluding carboxylic acids is 1. The summed E-state index contributed by atoms with van der Waals surface area (Å²) in [7, 11) is 9.68. The molecule has 1 atom stereocenters. The first kappa shape index (κ1) is 21.6. The lowest BCUT2D eigenvalue weighted by atomic mass is 10.0. The van der Waals surface area contributed by atoms with Crippen molar-refractivity contribution in [3.8, 4) is 0 Å². The first-order valence-electron chi connectivity index (χ1n) is 9.64. The van der Waals surface area contributed by atoms with Gasteiger partial charge in [0.05, 0.1) is 13.2 Å². The van der Waals surface area contributed by atoms with Crippen LogP contribution in [0.25, 0.3) is 5.65 Å². The highest BCUT2D eigenvalue weighted by molar-refractivity contribution is 6.36. The lowest BCUT2D eigenvalue weighted by molar-refractivity contribution is -0.116. The fourth-order valence-corrected chi connectivity index (χ4v) is 2.86. The maximum atomic E-state index is 11.9. The molecular formula is C20H26BN7O2. The van der Waals surface area contributed by atoms with E-state index in [0.717, 1.165) is 11.3 Å². The number of aliphatic hydroxyl groups is 1. The summed E-state index contributed by atoms with van der Waals surface area (Å²) in [4.78, 5) is 18.1. The van der Waals surface area contributed by atoms with Crippen molar-refractivity contribution in [2.75, 3.05) is 43.2 Å². The molecule has 3 rings (SSSR count). The van der Waals surface area contributed by atoms with Crippen LogP contribution in [0.1, 0.15) is 12.5 Å². The Morgan fingerprint density at radius 2 is 2.03 bits per heavy atom. The number of likely N-dealkylation sites (N-methyl/N-ethyl adjacent to an activating group) is 1. The molecule has 156 valence electrons. The SMILES string of the molecule is [B]c1cnn2c(NCc3ccc(NC(=O)CN(C)C)cc3)cc(N[C@@H](C)CO)nc12. The average molecular weight is 407 g/mol. The van der Waals surface area contributed by atoms with E-state index in [-0.39, 0.29) is 18.6 Å². The van der Waals surface area contributed by atoms with Gasteiger partial charge in [-0.1, -0.05) is 12.1 Å². The van der Waals surface area contributed by atoms with Crippen LogP contribution in [0.2, 0.25) is 0 Å². The molecule has 0 saturated heterocycles. The van der Waals surface area contributed by atoms with E-state index < -0.39 is 0 Å². The molecule has 30 heavy (non-hydrogen) atoms. The summed E-state index contributed by atoms with van der Waals surface area (Å²) in [5, 5.41) is 22.9. The highest BCUT2D eigenvalue weighted by atomic mass is 16.3. The van der Waals surface area contributed by atoms with Crippen LogP contribution >= 0.6 is 0 Å². The zero-order chi connectivity index (χ0) is 21.7. The Labute approximate surface area is 176 Å². The highest BCUT2D eigenvalue weighted by Crippen LogP contribution is 2.17. The Hall–Kier alpha value is -3.11. The van der Waals surface area contributed by atoms with Gasteiger partial charge in [-0.05, 0) is 44.2 Å². The summed E-state index contributed by atoms with van der Waals surface area (Å²) < 4.78 is 1.64. The van der Waals surface area contributed by atoms with Crippen LogP contribution in [0, 0.1) is 0 Å². The molecule has 2 heterocycles. The van der Waals surface area contributed by atoms with Crippen LogP contribution in [0.5, 0.6) is 0 Å². The van der Waals surface area contributed by atoms with Crippen LogP contribution in [0.3, 0.4) is 0 Å². The molecular weight excluding hydrogens is 381 g/mol. The molecule has 0 bridgehead atoms. The Morgan fingerprint density at radius 3 is 2.70 bits per heavy atom. The standard InChI is InChI=1S/C20H26BN7O2/c1-13(12-29)24-17-8-18(28-20(26-17)16(21)10-23-28)22-9-14-4-6-15(7-5-14)25-19(30)11-27(2)3/h4-8,10,13,22,29H,9,11-12H2,1-3H3,(H,24,26)(H,25,30)/t13-/m0/s1. The summed E-state index contributed by atoms with van der Waals surface area (Å²) in [6.45, 7) is 2.72. The predicted molar refractivity (Wildman–Crippen MR) is 119 cm³/mol. The Bertz CT molecular complexity index is 1000. The second kappa shape index (κ2) is 9.60. The number of anilines is 3. The van der Waals surface area contributed by atoms with E-state index in [9.17, 15) is 9.90 Å². The number of nitrogens with zero attached hydrogens (tertiary/aromatic N) is 4. The maximum Gasteiger partial charge on any atom is 0.238 e. The van der Waals surface area contributed by atoms with Gasteiger partial charge in [-0.2, -0.15) is 9.61 Å². The molecule has 10 heteroatoms. The number of benzene rings is 1. The highest BCUT2D eigenvalue weighted by Gasteiger charge is 2.11. The molecule has 0 fully saturated rings. The van der Waals surface area contributed by atoms with Crippen LogP contribution in [0.4, 0.5) is 17.3 Å². The maximum absolute atomic E-state index is 11.9. The second-order valence-corrected chi connectivity index (χ2v) is 7.43. The normalized spacial score (nSPS) is 12.2. The number of fused-ring (bicyclic) bond motifs is 1. The first-order chi connectivity index (χ1) is 14.4. The van der Waals surface area contributed by atoms with Gasteiger partial charge in [0.2, 0.25) is 5.91 Å². The number of aromatic nitrogens is 3. The molecule has 3 aromatic rings. The molecule has 4 N–H and O–H groups in total. The number of rotatable bonds is 9.